The molecule has 1 unspecified atom stereocenters. The molecule has 0 aliphatic carbocycles. The number of phenols is 1. The van der Waals surface area contributed by atoms with Gasteiger partial charge in [-0.3, -0.25) is 0 Å². The molecule has 0 heterocycles. The Bertz CT molecular complexity index is 368. The van der Waals surface area contributed by atoms with E-state index < -0.39 is 0 Å². The largest absolute Gasteiger partial charge is 0.508 e. The summed E-state index contributed by atoms with van der Waals surface area (Å²) in [5, 5.41) is 17.3. The summed E-state index contributed by atoms with van der Waals surface area (Å²) >= 11 is 0. The second-order valence-electron chi connectivity index (χ2n) is 4.82. The molecular weight excluding hydrogens is 234 g/mol. The minimum absolute atomic E-state index is 0.445. The van der Waals surface area contributed by atoms with Gasteiger partial charge in [-0.15, -0.1) is 0 Å². The van der Waals surface area contributed by atoms with E-state index in [0.717, 1.165) is 5.56 Å². The van der Waals surface area contributed by atoms with Gasteiger partial charge in [-0.1, -0.05) is 64.7 Å². The molecule has 0 bridgehead atoms. The average molecular weight is 261 g/mol. The van der Waals surface area contributed by atoms with Gasteiger partial charge < -0.3 is 5.11 Å². The highest BCUT2D eigenvalue weighted by Crippen LogP contribution is 2.28. The number of aromatic hydroxyl groups is 1. The van der Waals surface area contributed by atoms with Crippen molar-refractivity contribution in [3.63, 3.8) is 0 Å². The van der Waals surface area contributed by atoms with Gasteiger partial charge in [0.15, 0.2) is 0 Å². The molecule has 2 nitrogen and oxygen atoms in total. The lowest BCUT2D eigenvalue weighted by atomic mass is 9.94. The van der Waals surface area contributed by atoms with E-state index in [9.17, 15) is 5.11 Å². The number of para-hydroxylation sites is 1. The topological polar surface area (TPSA) is 44.0 Å². The average Bonchev–Trinajstić information content (AvgIpc) is 2.44. The van der Waals surface area contributed by atoms with Crippen LogP contribution in [0.15, 0.2) is 24.3 Å². The number of hydrogen-bond acceptors (Lipinski definition) is 2. The van der Waals surface area contributed by atoms with E-state index in [2.05, 4.69) is 13.8 Å². The standard InChI is InChI=1S/C14H22O.C3H5N/c1-3-4-5-6-9-12(2)13-10-7-8-11-14(13)15;1-2-3-4/h7-8,10-12,15H,3-6,9H2,1-2H3;2H2,1H3. The monoisotopic (exact) mass is 261 g/mol. The molecule has 19 heavy (non-hydrogen) atoms. The van der Waals surface area contributed by atoms with Gasteiger partial charge in [0.1, 0.15) is 5.75 Å². The van der Waals surface area contributed by atoms with Crippen LogP contribution in [0.25, 0.3) is 0 Å². The quantitative estimate of drug-likeness (QED) is 0.698. The first-order valence-electron chi connectivity index (χ1n) is 7.32. The highest BCUT2D eigenvalue weighted by atomic mass is 16.3. The number of rotatable bonds is 6. The van der Waals surface area contributed by atoms with Crippen LogP contribution < -0.4 is 0 Å². The van der Waals surface area contributed by atoms with Crippen LogP contribution in [-0.2, 0) is 0 Å². The summed E-state index contributed by atoms with van der Waals surface area (Å²) in [5.41, 5.74) is 1.09. The predicted octanol–water partition coefficient (Wildman–Crippen LogP) is 5.39. The molecule has 1 rings (SSSR count). The second kappa shape index (κ2) is 11.6. The highest BCUT2D eigenvalue weighted by Gasteiger charge is 2.08. The number of benzene rings is 1. The fourth-order valence-corrected chi connectivity index (χ4v) is 1.94. The van der Waals surface area contributed by atoms with Crippen LogP contribution in [0, 0.1) is 11.3 Å². The zero-order valence-electron chi connectivity index (χ0n) is 12.5. The Hall–Kier alpha value is -1.49. The maximum atomic E-state index is 9.68. The first-order valence-corrected chi connectivity index (χ1v) is 7.32. The van der Waals surface area contributed by atoms with Crippen LogP contribution in [0.2, 0.25) is 0 Å². The molecule has 0 aromatic heterocycles. The summed E-state index contributed by atoms with van der Waals surface area (Å²) < 4.78 is 0. The molecule has 106 valence electrons. The molecule has 0 saturated heterocycles. The third-order valence-electron chi connectivity index (χ3n) is 3.12. The summed E-state index contributed by atoms with van der Waals surface area (Å²) in [4.78, 5) is 0. The van der Waals surface area contributed by atoms with Gasteiger partial charge in [-0.2, -0.15) is 5.26 Å². The Labute approximate surface area is 118 Å². The van der Waals surface area contributed by atoms with Crippen molar-refractivity contribution in [3.8, 4) is 11.8 Å². The zero-order valence-corrected chi connectivity index (χ0v) is 12.5. The van der Waals surface area contributed by atoms with Gasteiger partial charge in [0.05, 0.1) is 6.07 Å². The van der Waals surface area contributed by atoms with Crippen molar-refractivity contribution in [3.05, 3.63) is 29.8 Å². The van der Waals surface area contributed by atoms with Crippen molar-refractivity contribution in [1.82, 2.24) is 0 Å². The van der Waals surface area contributed by atoms with E-state index in [1.165, 1.54) is 32.1 Å². The fraction of sp³-hybridized carbons (Fsp3) is 0.588. The van der Waals surface area contributed by atoms with E-state index >= 15 is 0 Å². The number of nitrogens with zero attached hydrogens (tertiary/aromatic N) is 1. The van der Waals surface area contributed by atoms with Crippen LogP contribution in [-0.4, -0.2) is 5.11 Å². The molecule has 1 atom stereocenters. The first kappa shape index (κ1) is 17.5. The lowest BCUT2D eigenvalue weighted by Crippen LogP contribution is -1.94. The lowest BCUT2D eigenvalue weighted by Gasteiger charge is -2.12. The number of nitriles is 1. The van der Waals surface area contributed by atoms with Crippen molar-refractivity contribution < 1.29 is 5.11 Å². The molecular formula is C17H27NO. The molecule has 2 heteroatoms. The van der Waals surface area contributed by atoms with Crippen LogP contribution in [0.1, 0.15) is 70.8 Å². The first-order chi connectivity index (χ1) is 9.17. The third kappa shape index (κ3) is 8.26. The van der Waals surface area contributed by atoms with E-state index in [1.807, 2.05) is 31.2 Å². The van der Waals surface area contributed by atoms with Gasteiger partial charge in [-0.25, -0.2) is 0 Å². The van der Waals surface area contributed by atoms with Crippen LogP contribution in [0.5, 0.6) is 5.75 Å². The molecule has 0 spiro atoms. The summed E-state index contributed by atoms with van der Waals surface area (Å²) in [7, 11) is 0. The summed E-state index contributed by atoms with van der Waals surface area (Å²) in [6.45, 7) is 6.24. The van der Waals surface area contributed by atoms with Gasteiger partial charge in [0, 0.05) is 6.42 Å². The second-order valence-corrected chi connectivity index (χ2v) is 4.82. The molecule has 0 aliphatic rings. The van der Waals surface area contributed by atoms with Crippen molar-refractivity contribution in [2.75, 3.05) is 0 Å². The van der Waals surface area contributed by atoms with Gasteiger partial charge in [-0.05, 0) is 24.0 Å². The summed E-state index contributed by atoms with van der Waals surface area (Å²) in [5.74, 6) is 0.920. The summed E-state index contributed by atoms with van der Waals surface area (Å²) in [6, 6.07) is 9.61. The molecule has 0 radical (unpaired) electrons. The Kier molecular flexibility index (Phi) is 10.7. The lowest BCUT2D eigenvalue weighted by molar-refractivity contribution is 0.458. The van der Waals surface area contributed by atoms with Crippen molar-refractivity contribution in [2.24, 2.45) is 0 Å². The minimum Gasteiger partial charge on any atom is -0.508 e. The van der Waals surface area contributed by atoms with E-state index in [4.69, 9.17) is 5.26 Å². The Morgan fingerprint density at radius 1 is 1.16 bits per heavy atom. The SMILES string of the molecule is CCC#N.CCCCCCC(C)c1ccccc1O. The maximum Gasteiger partial charge on any atom is 0.119 e. The molecule has 0 saturated carbocycles. The normalized spacial score (nSPS) is 11.1. The molecule has 1 aromatic carbocycles. The van der Waals surface area contributed by atoms with Gasteiger partial charge in [0.25, 0.3) is 0 Å². The smallest absolute Gasteiger partial charge is 0.119 e. The molecule has 0 amide bonds. The molecule has 1 aromatic rings. The number of hydrogen-bond donors (Lipinski definition) is 1. The molecule has 0 fully saturated rings. The van der Waals surface area contributed by atoms with Crippen LogP contribution in [0.3, 0.4) is 0 Å². The van der Waals surface area contributed by atoms with Gasteiger partial charge in [0.2, 0.25) is 0 Å². The summed E-state index contributed by atoms with van der Waals surface area (Å²) in [6.07, 6.45) is 6.99. The van der Waals surface area contributed by atoms with E-state index in [-0.39, 0.29) is 0 Å². The predicted molar refractivity (Wildman–Crippen MR) is 81.2 cm³/mol. The molecule has 1 N–H and O–H groups in total. The van der Waals surface area contributed by atoms with Crippen LogP contribution in [0.4, 0.5) is 0 Å². The fourth-order valence-electron chi connectivity index (χ4n) is 1.94. The maximum absolute atomic E-state index is 9.68. The Morgan fingerprint density at radius 2 is 1.79 bits per heavy atom. The highest BCUT2D eigenvalue weighted by molar-refractivity contribution is 5.34. The Balaban J connectivity index is 0.000000711. The van der Waals surface area contributed by atoms with E-state index in [1.54, 1.807) is 6.07 Å². The molecule has 0 aliphatic heterocycles. The zero-order chi connectivity index (χ0) is 14.5. The van der Waals surface area contributed by atoms with Crippen molar-refractivity contribution >= 4 is 0 Å². The number of unbranched alkanes of at least 4 members (excludes halogenated alkanes) is 3. The Morgan fingerprint density at radius 3 is 2.32 bits per heavy atom. The van der Waals surface area contributed by atoms with Crippen LogP contribution >= 0.6 is 0 Å². The van der Waals surface area contributed by atoms with Crippen molar-refractivity contribution in [1.29, 1.82) is 5.26 Å². The van der Waals surface area contributed by atoms with Gasteiger partial charge >= 0.3 is 0 Å². The third-order valence-corrected chi connectivity index (χ3v) is 3.12. The van der Waals surface area contributed by atoms with Crippen molar-refractivity contribution in [2.45, 2.75) is 65.2 Å². The van der Waals surface area contributed by atoms with E-state index in [0.29, 0.717) is 18.1 Å². The minimum atomic E-state index is 0.445. The number of phenolic OH excluding ortho intramolecular Hbond substituents is 1.